The van der Waals surface area contributed by atoms with Gasteiger partial charge < -0.3 is 14.4 Å². The lowest BCUT2D eigenvalue weighted by molar-refractivity contribution is -0.384. The van der Waals surface area contributed by atoms with Crippen LogP contribution in [0, 0.1) is 16.0 Å². The average molecular weight is 470 g/mol. The van der Waals surface area contributed by atoms with Gasteiger partial charge in [0.25, 0.3) is 5.69 Å². The highest BCUT2D eigenvalue weighted by molar-refractivity contribution is 8.03. The fourth-order valence-electron chi connectivity index (χ4n) is 4.07. The van der Waals surface area contributed by atoms with Gasteiger partial charge in [-0.1, -0.05) is 12.1 Å². The number of fused-ring (bicyclic) bond motifs is 1. The zero-order chi connectivity index (χ0) is 23.9. The van der Waals surface area contributed by atoms with Gasteiger partial charge in [-0.25, -0.2) is 9.69 Å². The highest BCUT2D eigenvalue weighted by Crippen LogP contribution is 2.49. The number of nitro groups is 1. The zero-order valence-corrected chi connectivity index (χ0v) is 19.4. The zero-order valence-electron chi connectivity index (χ0n) is 18.6. The van der Waals surface area contributed by atoms with Crippen molar-refractivity contribution in [3.63, 3.8) is 0 Å². The Balaban J connectivity index is 1.75. The predicted molar refractivity (Wildman–Crippen MR) is 124 cm³/mol. The molecule has 2 heterocycles. The molecule has 0 N–H and O–H groups in total. The Morgan fingerprint density at radius 1 is 1.06 bits per heavy atom. The van der Waals surface area contributed by atoms with Gasteiger partial charge in [0.05, 0.1) is 36.1 Å². The Labute approximate surface area is 195 Å². The van der Waals surface area contributed by atoms with Crippen molar-refractivity contribution in [3.8, 4) is 11.5 Å². The lowest BCUT2D eigenvalue weighted by Gasteiger charge is -2.42. The van der Waals surface area contributed by atoms with Gasteiger partial charge in [-0.2, -0.15) is 0 Å². The molecule has 2 aliphatic heterocycles. The number of carbonyl (C=O) groups is 2. The first-order valence-electron chi connectivity index (χ1n) is 10.2. The van der Waals surface area contributed by atoms with Crippen LogP contribution in [-0.2, 0) is 11.3 Å². The van der Waals surface area contributed by atoms with E-state index in [0.717, 1.165) is 20.9 Å². The van der Waals surface area contributed by atoms with Gasteiger partial charge in [0.1, 0.15) is 11.5 Å². The number of amides is 3. The average Bonchev–Trinajstić information content (AvgIpc) is 3.11. The number of carbonyl (C=O) groups excluding carboxylic acids is 2. The topological polar surface area (TPSA) is 102 Å². The van der Waals surface area contributed by atoms with Crippen molar-refractivity contribution >= 4 is 35.1 Å². The monoisotopic (exact) mass is 469 g/mol. The fraction of sp³-hybridized carbons (Fsp3) is 0.304. The van der Waals surface area contributed by atoms with Gasteiger partial charge in [-0.15, -0.1) is 11.8 Å². The summed E-state index contributed by atoms with van der Waals surface area (Å²) in [4.78, 5) is 41.6. The highest BCUT2D eigenvalue weighted by Gasteiger charge is 2.51. The number of methoxy groups -OCH3 is 2. The lowest BCUT2D eigenvalue weighted by Crippen LogP contribution is -2.60. The number of imide groups is 1. The van der Waals surface area contributed by atoms with E-state index >= 15 is 0 Å². The number of nitrogens with zero attached hydrogens (tertiary/aromatic N) is 3. The van der Waals surface area contributed by atoms with Crippen molar-refractivity contribution in [1.82, 2.24) is 4.90 Å². The minimum absolute atomic E-state index is 0.0232. The Bertz CT molecular complexity index is 1160. The Kier molecular flexibility index (Phi) is 6.03. The first-order valence-corrected chi connectivity index (χ1v) is 11.1. The SMILES string of the molecule is COc1ccc(N2C(=O)C3C(C)=C(C)SC3N(Cc3ccc([N+](=O)[O-])cc3)C2=O)c(OC)c1. The van der Waals surface area contributed by atoms with Crippen molar-refractivity contribution in [3.05, 3.63) is 68.6 Å². The standard InChI is InChI=1S/C23H23N3O6S/c1-13-14(2)33-22-20(13)21(27)25(18-10-9-17(31-3)11-19(18)32-4)23(28)24(22)12-15-5-7-16(8-6-15)26(29)30/h5-11,20,22H,12H2,1-4H3. The summed E-state index contributed by atoms with van der Waals surface area (Å²) in [5.41, 5.74) is 1.97. The molecule has 2 unspecified atom stereocenters. The second-order valence-corrected chi connectivity index (χ2v) is 9.10. The summed E-state index contributed by atoms with van der Waals surface area (Å²) in [6.45, 7) is 4.06. The molecule has 0 aliphatic carbocycles. The van der Waals surface area contributed by atoms with Crippen molar-refractivity contribution in [1.29, 1.82) is 0 Å². The molecule has 3 amide bonds. The molecule has 0 radical (unpaired) electrons. The number of benzene rings is 2. The number of hydrogen-bond acceptors (Lipinski definition) is 7. The summed E-state index contributed by atoms with van der Waals surface area (Å²) < 4.78 is 10.7. The van der Waals surface area contributed by atoms with Gasteiger partial charge in [0.15, 0.2) is 0 Å². The largest absolute Gasteiger partial charge is 0.497 e. The smallest absolute Gasteiger partial charge is 0.332 e. The first-order chi connectivity index (χ1) is 15.8. The third kappa shape index (κ3) is 3.91. The number of allylic oxidation sites excluding steroid dienone is 1. The summed E-state index contributed by atoms with van der Waals surface area (Å²) in [5.74, 6) is 0.0677. The van der Waals surface area contributed by atoms with Gasteiger partial charge in [0.2, 0.25) is 5.91 Å². The van der Waals surface area contributed by atoms with Crippen molar-refractivity contribution in [2.45, 2.75) is 25.8 Å². The van der Waals surface area contributed by atoms with Crippen LogP contribution in [0.25, 0.3) is 0 Å². The van der Waals surface area contributed by atoms with E-state index in [9.17, 15) is 19.7 Å². The second kappa shape index (κ2) is 8.78. The van der Waals surface area contributed by atoms with Crippen LogP contribution >= 0.6 is 11.8 Å². The molecule has 0 bridgehead atoms. The van der Waals surface area contributed by atoms with E-state index < -0.39 is 16.9 Å². The Hall–Kier alpha value is -3.53. The summed E-state index contributed by atoms with van der Waals surface area (Å²) in [6.07, 6.45) is 0. The number of hydrogen-bond donors (Lipinski definition) is 0. The number of anilines is 1. The molecule has 33 heavy (non-hydrogen) atoms. The summed E-state index contributed by atoms with van der Waals surface area (Å²) in [7, 11) is 2.99. The van der Waals surface area contributed by atoms with Crippen LogP contribution < -0.4 is 14.4 Å². The maximum absolute atomic E-state index is 13.7. The third-order valence-electron chi connectivity index (χ3n) is 5.96. The van der Waals surface area contributed by atoms with Crippen molar-refractivity contribution in [2.24, 2.45) is 5.92 Å². The fourth-order valence-corrected chi connectivity index (χ4v) is 5.49. The van der Waals surface area contributed by atoms with Gasteiger partial charge in [-0.05, 0) is 42.0 Å². The summed E-state index contributed by atoms with van der Waals surface area (Å²) >= 11 is 1.49. The van der Waals surface area contributed by atoms with Crippen LogP contribution in [0.3, 0.4) is 0 Å². The molecular weight excluding hydrogens is 446 g/mol. The molecule has 9 nitrogen and oxygen atoms in total. The maximum Gasteiger partial charge on any atom is 0.332 e. The minimum atomic E-state index is -0.502. The van der Waals surface area contributed by atoms with Crippen LogP contribution in [0.1, 0.15) is 19.4 Å². The maximum atomic E-state index is 13.7. The number of thioether (sulfide) groups is 1. The lowest BCUT2D eigenvalue weighted by atomic mass is 9.95. The van der Waals surface area contributed by atoms with Crippen LogP contribution in [0.4, 0.5) is 16.2 Å². The molecule has 172 valence electrons. The van der Waals surface area contributed by atoms with Gasteiger partial charge in [0, 0.05) is 24.7 Å². The second-order valence-electron chi connectivity index (χ2n) is 7.77. The van der Waals surface area contributed by atoms with Crippen LogP contribution in [0.15, 0.2) is 52.9 Å². The Morgan fingerprint density at radius 2 is 1.76 bits per heavy atom. The Morgan fingerprint density at radius 3 is 2.36 bits per heavy atom. The molecule has 10 heteroatoms. The summed E-state index contributed by atoms with van der Waals surface area (Å²) in [6, 6.07) is 10.5. The van der Waals surface area contributed by atoms with Crippen LogP contribution in [0.5, 0.6) is 11.5 Å². The molecule has 0 saturated carbocycles. The van der Waals surface area contributed by atoms with Crippen LogP contribution in [0.2, 0.25) is 0 Å². The van der Waals surface area contributed by atoms with E-state index in [1.807, 2.05) is 13.8 Å². The predicted octanol–water partition coefficient (Wildman–Crippen LogP) is 4.56. The molecule has 2 aromatic carbocycles. The molecule has 2 aromatic rings. The highest BCUT2D eigenvalue weighted by atomic mass is 32.2. The van der Waals surface area contributed by atoms with E-state index in [1.165, 1.54) is 38.1 Å². The number of rotatable bonds is 6. The van der Waals surface area contributed by atoms with E-state index in [-0.39, 0.29) is 23.5 Å². The number of urea groups is 1. The molecule has 0 spiro atoms. The molecule has 2 aliphatic rings. The number of nitro benzene ring substituents is 1. The van der Waals surface area contributed by atoms with Crippen molar-refractivity contribution < 1.29 is 24.0 Å². The normalized spacial score (nSPS) is 20.2. The minimum Gasteiger partial charge on any atom is -0.497 e. The van der Waals surface area contributed by atoms with E-state index in [0.29, 0.717) is 17.2 Å². The molecule has 4 rings (SSSR count). The molecule has 0 aromatic heterocycles. The summed E-state index contributed by atoms with van der Waals surface area (Å²) in [5, 5.41) is 10.6. The van der Waals surface area contributed by atoms with E-state index in [1.54, 1.807) is 35.2 Å². The molecular formula is C23H23N3O6S. The molecule has 2 atom stereocenters. The molecule has 1 fully saturated rings. The number of ether oxygens (including phenoxy) is 2. The third-order valence-corrected chi connectivity index (χ3v) is 7.41. The molecule has 1 saturated heterocycles. The van der Waals surface area contributed by atoms with Gasteiger partial charge >= 0.3 is 6.03 Å². The quantitative estimate of drug-likeness (QED) is 0.451. The first kappa shape index (κ1) is 22.7. The van der Waals surface area contributed by atoms with E-state index in [4.69, 9.17) is 9.47 Å². The van der Waals surface area contributed by atoms with Gasteiger partial charge in [-0.3, -0.25) is 14.9 Å². The van der Waals surface area contributed by atoms with Crippen LogP contribution in [-0.4, -0.2) is 41.4 Å². The van der Waals surface area contributed by atoms with E-state index in [2.05, 4.69) is 0 Å². The van der Waals surface area contributed by atoms with Crippen molar-refractivity contribution in [2.75, 3.05) is 19.1 Å². The number of non-ortho nitro benzene ring substituents is 1.